The van der Waals surface area contributed by atoms with Gasteiger partial charge in [-0.3, -0.25) is 9.59 Å². The van der Waals surface area contributed by atoms with Crippen LogP contribution in [0.3, 0.4) is 0 Å². The van der Waals surface area contributed by atoms with E-state index in [4.69, 9.17) is 28.9 Å². The third-order valence-electron chi connectivity index (χ3n) is 2.63. The van der Waals surface area contributed by atoms with Gasteiger partial charge in [0.1, 0.15) is 0 Å². The Morgan fingerprint density at radius 1 is 1.32 bits per heavy atom. The molecule has 0 bridgehead atoms. The average Bonchev–Trinajstić information content (AvgIpc) is 2.29. The van der Waals surface area contributed by atoms with Crippen LogP contribution in [0, 0.1) is 0 Å². The monoisotopic (exact) mass is 302 g/mol. The first-order valence-corrected chi connectivity index (χ1v) is 6.58. The van der Waals surface area contributed by atoms with Crippen LogP contribution in [-0.4, -0.2) is 29.3 Å². The summed E-state index contributed by atoms with van der Waals surface area (Å²) in [7, 11) is 0. The summed E-state index contributed by atoms with van der Waals surface area (Å²) >= 11 is 11.8. The van der Waals surface area contributed by atoms with Crippen molar-refractivity contribution in [3.63, 3.8) is 0 Å². The number of halogens is 2. The maximum atomic E-state index is 12.2. The summed E-state index contributed by atoms with van der Waals surface area (Å²) in [4.78, 5) is 24.5. The number of hydrogen-bond donors (Lipinski definition) is 1. The fourth-order valence-electron chi connectivity index (χ4n) is 1.66. The predicted octanol–water partition coefficient (Wildman–Crippen LogP) is 2.26. The molecule has 0 radical (unpaired) electrons. The Kier molecular flexibility index (Phi) is 5.63. The molecular weight excluding hydrogens is 287 g/mol. The predicted molar refractivity (Wildman–Crippen MR) is 76.2 cm³/mol. The van der Waals surface area contributed by atoms with E-state index in [1.54, 1.807) is 18.2 Å². The van der Waals surface area contributed by atoms with Gasteiger partial charge in [-0.25, -0.2) is 0 Å². The Morgan fingerprint density at radius 3 is 2.42 bits per heavy atom. The van der Waals surface area contributed by atoms with Gasteiger partial charge in [0, 0.05) is 16.1 Å². The van der Waals surface area contributed by atoms with Gasteiger partial charge in [0.05, 0.1) is 13.0 Å². The Balaban J connectivity index is 2.84. The Morgan fingerprint density at radius 2 is 1.95 bits per heavy atom. The average molecular weight is 303 g/mol. The summed E-state index contributed by atoms with van der Waals surface area (Å²) < 4.78 is 0. The molecule has 1 rings (SSSR count). The summed E-state index contributed by atoms with van der Waals surface area (Å²) in [6.45, 7) is 3.55. The standard InChI is InChI=1S/C13H16Cl2N2O2/c1-8(2)17(7-12(16)18)13(19)5-9-3-4-10(14)6-11(9)15/h3-4,6,8H,5,7H2,1-2H3,(H2,16,18). The molecule has 0 fully saturated rings. The lowest BCUT2D eigenvalue weighted by atomic mass is 10.1. The molecule has 19 heavy (non-hydrogen) atoms. The molecule has 0 saturated carbocycles. The number of nitrogens with zero attached hydrogens (tertiary/aromatic N) is 1. The van der Waals surface area contributed by atoms with Crippen LogP contribution in [-0.2, 0) is 16.0 Å². The fourth-order valence-corrected chi connectivity index (χ4v) is 2.13. The van der Waals surface area contributed by atoms with Gasteiger partial charge in [-0.2, -0.15) is 0 Å². The van der Waals surface area contributed by atoms with E-state index in [0.717, 1.165) is 0 Å². The normalized spacial score (nSPS) is 10.6. The molecule has 0 unspecified atom stereocenters. The van der Waals surface area contributed by atoms with Crippen LogP contribution >= 0.6 is 23.2 Å². The molecule has 2 N–H and O–H groups in total. The van der Waals surface area contributed by atoms with Gasteiger partial charge in [-0.05, 0) is 31.5 Å². The molecule has 0 aliphatic carbocycles. The minimum absolute atomic E-state index is 0.0955. The van der Waals surface area contributed by atoms with Crippen molar-refractivity contribution in [1.29, 1.82) is 0 Å². The molecule has 2 amide bonds. The number of hydrogen-bond acceptors (Lipinski definition) is 2. The quantitative estimate of drug-likeness (QED) is 0.907. The van der Waals surface area contributed by atoms with Crippen molar-refractivity contribution in [2.45, 2.75) is 26.3 Å². The molecule has 0 aliphatic rings. The minimum Gasteiger partial charge on any atom is -0.368 e. The molecule has 104 valence electrons. The van der Waals surface area contributed by atoms with Gasteiger partial charge in [0.15, 0.2) is 0 Å². The molecule has 0 aromatic heterocycles. The van der Waals surface area contributed by atoms with Gasteiger partial charge >= 0.3 is 0 Å². The van der Waals surface area contributed by atoms with E-state index in [9.17, 15) is 9.59 Å². The van der Waals surface area contributed by atoms with Crippen molar-refractivity contribution in [1.82, 2.24) is 4.90 Å². The second-order valence-electron chi connectivity index (χ2n) is 4.49. The third-order valence-corrected chi connectivity index (χ3v) is 3.21. The van der Waals surface area contributed by atoms with Crippen molar-refractivity contribution in [3.8, 4) is 0 Å². The maximum absolute atomic E-state index is 12.2. The summed E-state index contributed by atoms with van der Waals surface area (Å²) in [5.74, 6) is -0.734. The molecule has 0 heterocycles. The number of amides is 2. The van der Waals surface area contributed by atoms with Gasteiger partial charge in [0.25, 0.3) is 0 Å². The van der Waals surface area contributed by atoms with Crippen LogP contribution in [0.25, 0.3) is 0 Å². The highest BCUT2D eigenvalue weighted by molar-refractivity contribution is 6.35. The van der Waals surface area contributed by atoms with Gasteiger partial charge in [-0.15, -0.1) is 0 Å². The smallest absolute Gasteiger partial charge is 0.237 e. The summed E-state index contributed by atoms with van der Waals surface area (Å²) in [6, 6.07) is 4.85. The number of carbonyl (C=O) groups excluding carboxylic acids is 2. The zero-order valence-corrected chi connectivity index (χ0v) is 12.3. The van der Waals surface area contributed by atoms with Crippen LogP contribution in [0.1, 0.15) is 19.4 Å². The van der Waals surface area contributed by atoms with E-state index < -0.39 is 5.91 Å². The third kappa shape index (κ3) is 4.73. The van der Waals surface area contributed by atoms with Gasteiger partial charge in [-0.1, -0.05) is 29.3 Å². The maximum Gasteiger partial charge on any atom is 0.237 e. The number of primary amides is 1. The van der Waals surface area contributed by atoms with E-state index in [1.165, 1.54) is 4.90 Å². The molecular formula is C13H16Cl2N2O2. The molecule has 0 saturated heterocycles. The summed E-state index contributed by atoms with van der Waals surface area (Å²) in [5, 5.41) is 0.947. The van der Waals surface area contributed by atoms with Crippen molar-refractivity contribution in [2.75, 3.05) is 6.54 Å². The first kappa shape index (κ1) is 15.8. The Hall–Kier alpha value is -1.26. The molecule has 0 spiro atoms. The van der Waals surface area contributed by atoms with Crippen molar-refractivity contribution < 1.29 is 9.59 Å². The molecule has 1 aromatic rings. The van der Waals surface area contributed by atoms with Gasteiger partial charge < -0.3 is 10.6 Å². The topological polar surface area (TPSA) is 63.4 Å². The number of benzene rings is 1. The highest BCUT2D eigenvalue weighted by atomic mass is 35.5. The number of nitrogens with two attached hydrogens (primary N) is 1. The highest BCUT2D eigenvalue weighted by Crippen LogP contribution is 2.22. The largest absolute Gasteiger partial charge is 0.368 e. The zero-order valence-electron chi connectivity index (χ0n) is 10.8. The van der Waals surface area contributed by atoms with Crippen LogP contribution in [0.4, 0.5) is 0 Å². The van der Waals surface area contributed by atoms with Crippen molar-refractivity contribution >= 4 is 35.0 Å². The summed E-state index contributed by atoms with van der Waals surface area (Å²) in [5.41, 5.74) is 5.81. The van der Waals surface area contributed by atoms with E-state index >= 15 is 0 Å². The first-order chi connectivity index (χ1) is 8.81. The minimum atomic E-state index is -0.538. The first-order valence-electron chi connectivity index (χ1n) is 5.83. The van der Waals surface area contributed by atoms with Crippen LogP contribution in [0.15, 0.2) is 18.2 Å². The van der Waals surface area contributed by atoms with E-state index in [2.05, 4.69) is 0 Å². The van der Waals surface area contributed by atoms with Crippen LogP contribution < -0.4 is 5.73 Å². The van der Waals surface area contributed by atoms with Crippen LogP contribution in [0.2, 0.25) is 10.0 Å². The van der Waals surface area contributed by atoms with E-state index in [1.807, 2.05) is 13.8 Å². The fraction of sp³-hybridized carbons (Fsp3) is 0.385. The molecule has 0 atom stereocenters. The lowest BCUT2D eigenvalue weighted by Crippen LogP contribution is -2.43. The molecule has 6 heteroatoms. The second-order valence-corrected chi connectivity index (χ2v) is 5.34. The lowest BCUT2D eigenvalue weighted by molar-refractivity contribution is -0.136. The van der Waals surface area contributed by atoms with E-state index in [-0.39, 0.29) is 24.9 Å². The summed E-state index contributed by atoms with van der Waals surface area (Å²) in [6.07, 6.45) is 0.113. The SMILES string of the molecule is CC(C)N(CC(N)=O)C(=O)Cc1ccc(Cl)cc1Cl. The number of carbonyl (C=O) groups is 2. The second kappa shape index (κ2) is 6.78. The zero-order chi connectivity index (χ0) is 14.6. The van der Waals surface area contributed by atoms with Crippen molar-refractivity contribution in [3.05, 3.63) is 33.8 Å². The highest BCUT2D eigenvalue weighted by Gasteiger charge is 2.20. The Bertz CT molecular complexity index is 490. The van der Waals surface area contributed by atoms with Crippen LogP contribution in [0.5, 0.6) is 0 Å². The Labute approximate surface area is 122 Å². The van der Waals surface area contributed by atoms with E-state index in [0.29, 0.717) is 15.6 Å². The number of rotatable bonds is 5. The molecule has 4 nitrogen and oxygen atoms in total. The lowest BCUT2D eigenvalue weighted by Gasteiger charge is -2.25. The van der Waals surface area contributed by atoms with Gasteiger partial charge in [0.2, 0.25) is 11.8 Å². The van der Waals surface area contributed by atoms with Crippen molar-refractivity contribution in [2.24, 2.45) is 5.73 Å². The molecule has 1 aromatic carbocycles. The molecule has 0 aliphatic heterocycles.